The number of carbonyl (C=O) groups is 1. The fourth-order valence-electron chi connectivity index (χ4n) is 0.918. The van der Waals surface area contributed by atoms with Crippen LogP contribution >= 0.6 is 0 Å². The molecule has 2 N–H and O–H groups in total. The Hall–Kier alpha value is -2.18. The van der Waals surface area contributed by atoms with E-state index < -0.39 is 11.0 Å². The number of hydrogen-bond donors (Lipinski definition) is 2. The van der Waals surface area contributed by atoms with Crippen LogP contribution in [-0.2, 0) is 0 Å². The van der Waals surface area contributed by atoms with Gasteiger partial charge in [-0.2, -0.15) is 0 Å². The van der Waals surface area contributed by atoms with Gasteiger partial charge in [-0.05, 0) is 13.0 Å². The van der Waals surface area contributed by atoms with Crippen molar-refractivity contribution in [3.05, 3.63) is 27.9 Å². The third-order valence-electron chi connectivity index (χ3n) is 1.51. The molecule has 0 aliphatic heterocycles. The van der Waals surface area contributed by atoms with Crippen LogP contribution in [0.15, 0.2) is 12.3 Å². The fraction of sp³-hybridized carbons (Fsp3) is 0.143. The zero-order valence-corrected chi connectivity index (χ0v) is 7.22. The first-order valence-electron chi connectivity index (χ1n) is 3.61. The molecule has 1 aromatic heterocycles. The molecule has 0 radical (unpaired) electrons. The van der Waals surface area contributed by atoms with E-state index in [1.807, 2.05) is 5.32 Å². The highest BCUT2D eigenvalue weighted by molar-refractivity contribution is 5.81. The molecule has 0 bridgehead atoms. The quantitative estimate of drug-likeness (QED) is 0.550. The van der Waals surface area contributed by atoms with Gasteiger partial charge in [0.05, 0.1) is 4.92 Å². The molecule has 0 spiro atoms. The first-order chi connectivity index (χ1) is 6.50. The summed E-state index contributed by atoms with van der Waals surface area (Å²) in [7, 11) is 0. The minimum atomic E-state index is -1.26. The van der Waals surface area contributed by atoms with Crippen LogP contribution in [0.5, 0.6) is 0 Å². The van der Waals surface area contributed by atoms with Crippen LogP contribution in [0.1, 0.15) is 5.56 Å². The van der Waals surface area contributed by atoms with E-state index in [0.29, 0.717) is 5.56 Å². The first kappa shape index (κ1) is 9.90. The van der Waals surface area contributed by atoms with Crippen molar-refractivity contribution in [2.45, 2.75) is 6.92 Å². The number of aryl methyl sites for hydroxylation is 1. The Morgan fingerprint density at radius 3 is 2.79 bits per heavy atom. The summed E-state index contributed by atoms with van der Waals surface area (Å²) in [6, 6.07) is 1.30. The number of carboxylic acid groups (broad SMARTS) is 1. The van der Waals surface area contributed by atoms with Crippen molar-refractivity contribution in [1.29, 1.82) is 0 Å². The van der Waals surface area contributed by atoms with E-state index in [2.05, 4.69) is 4.98 Å². The highest BCUT2D eigenvalue weighted by Gasteiger charge is 2.11. The molecule has 0 aromatic carbocycles. The number of amides is 1. The molecule has 0 aliphatic rings. The van der Waals surface area contributed by atoms with Gasteiger partial charge in [0.25, 0.3) is 5.69 Å². The molecule has 1 heterocycles. The minimum absolute atomic E-state index is 0.0700. The van der Waals surface area contributed by atoms with Crippen molar-refractivity contribution < 1.29 is 14.8 Å². The van der Waals surface area contributed by atoms with Crippen molar-refractivity contribution in [3.63, 3.8) is 0 Å². The molecule has 1 rings (SSSR count). The number of hydrogen-bond acceptors (Lipinski definition) is 4. The van der Waals surface area contributed by atoms with Crippen molar-refractivity contribution in [2.75, 3.05) is 5.32 Å². The molecule has 0 saturated carbocycles. The van der Waals surface area contributed by atoms with Crippen molar-refractivity contribution >= 4 is 17.6 Å². The normalized spacial score (nSPS) is 9.50. The summed E-state index contributed by atoms with van der Waals surface area (Å²) in [6.45, 7) is 1.51. The van der Waals surface area contributed by atoms with Gasteiger partial charge >= 0.3 is 6.09 Å². The van der Waals surface area contributed by atoms with E-state index >= 15 is 0 Å². The van der Waals surface area contributed by atoms with Crippen molar-refractivity contribution in [3.8, 4) is 0 Å². The highest BCUT2D eigenvalue weighted by Crippen LogP contribution is 2.18. The number of nitrogens with one attached hydrogen (secondary N) is 1. The molecule has 0 atom stereocenters. The molecule has 0 aliphatic carbocycles. The molecule has 0 unspecified atom stereocenters. The van der Waals surface area contributed by atoms with Gasteiger partial charge in [0.2, 0.25) is 0 Å². The lowest BCUT2D eigenvalue weighted by molar-refractivity contribution is -0.385. The number of aromatic nitrogens is 1. The lowest BCUT2D eigenvalue weighted by Crippen LogP contribution is -2.09. The molecule has 0 fully saturated rings. The van der Waals surface area contributed by atoms with Gasteiger partial charge in [-0.3, -0.25) is 15.4 Å². The van der Waals surface area contributed by atoms with Gasteiger partial charge in [-0.1, -0.05) is 0 Å². The SMILES string of the molecule is Cc1cc(NC(=O)O)ncc1[N+](=O)[O-]. The number of pyridine rings is 1. The Balaban J connectivity index is 3.00. The Bertz CT molecular complexity index is 391. The van der Waals surface area contributed by atoms with Crippen molar-refractivity contribution in [2.24, 2.45) is 0 Å². The van der Waals surface area contributed by atoms with Gasteiger partial charge in [-0.15, -0.1) is 0 Å². The third-order valence-corrected chi connectivity index (χ3v) is 1.51. The first-order valence-corrected chi connectivity index (χ1v) is 3.61. The monoisotopic (exact) mass is 197 g/mol. The Labute approximate surface area is 78.5 Å². The van der Waals surface area contributed by atoms with Crippen molar-refractivity contribution in [1.82, 2.24) is 4.98 Å². The minimum Gasteiger partial charge on any atom is -0.465 e. The van der Waals surface area contributed by atoms with Gasteiger partial charge in [0.1, 0.15) is 12.0 Å². The smallest absolute Gasteiger partial charge is 0.410 e. The Morgan fingerprint density at radius 1 is 1.71 bits per heavy atom. The number of anilines is 1. The summed E-state index contributed by atoms with van der Waals surface area (Å²) in [4.78, 5) is 23.6. The zero-order chi connectivity index (χ0) is 10.7. The Kier molecular flexibility index (Phi) is 2.61. The fourth-order valence-corrected chi connectivity index (χ4v) is 0.918. The second-order valence-corrected chi connectivity index (χ2v) is 2.54. The van der Waals surface area contributed by atoms with Gasteiger partial charge in [0, 0.05) is 5.56 Å². The summed E-state index contributed by atoms with van der Waals surface area (Å²) in [5, 5.41) is 20.7. The second-order valence-electron chi connectivity index (χ2n) is 2.54. The number of rotatable bonds is 2. The lowest BCUT2D eigenvalue weighted by Gasteiger charge is -2.00. The largest absolute Gasteiger partial charge is 0.465 e. The maximum Gasteiger partial charge on any atom is 0.410 e. The predicted octanol–water partition coefficient (Wildman–Crippen LogP) is 1.39. The summed E-state index contributed by atoms with van der Waals surface area (Å²) >= 11 is 0. The predicted molar refractivity (Wildman–Crippen MR) is 47.3 cm³/mol. The molecule has 7 nitrogen and oxygen atoms in total. The number of nitro groups is 1. The van der Waals surface area contributed by atoms with Crippen LogP contribution < -0.4 is 5.32 Å². The average Bonchev–Trinajstić information content (AvgIpc) is 2.01. The zero-order valence-electron chi connectivity index (χ0n) is 7.22. The third kappa shape index (κ3) is 2.16. The average molecular weight is 197 g/mol. The standard InChI is InChI=1S/C7H7N3O4/c1-4-2-6(9-7(11)12)8-3-5(4)10(13)14/h2-3H,1H3,(H,8,9)(H,11,12). The molecule has 1 aromatic rings. The molecule has 0 saturated heterocycles. The van der Waals surface area contributed by atoms with Gasteiger partial charge in [0.15, 0.2) is 0 Å². The van der Waals surface area contributed by atoms with E-state index in [1.54, 1.807) is 0 Å². The van der Waals surface area contributed by atoms with E-state index in [1.165, 1.54) is 13.0 Å². The number of nitrogens with zero attached hydrogens (tertiary/aromatic N) is 2. The second kappa shape index (κ2) is 3.69. The summed E-state index contributed by atoms with van der Waals surface area (Å²) in [6.07, 6.45) is -0.244. The molecule has 74 valence electrons. The molecule has 1 amide bonds. The van der Waals surface area contributed by atoms with E-state index in [0.717, 1.165) is 6.20 Å². The van der Waals surface area contributed by atoms with E-state index in [4.69, 9.17) is 5.11 Å². The van der Waals surface area contributed by atoms with Crippen LogP contribution in [0, 0.1) is 17.0 Å². The van der Waals surface area contributed by atoms with Crippen LogP contribution in [0.2, 0.25) is 0 Å². The maximum absolute atomic E-state index is 10.4. The van der Waals surface area contributed by atoms with Crippen LogP contribution in [0.4, 0.5) is 16.3 Å². The highest BCUT2D eigenvalue weighted by atomic mass is 16.6. The van der Waals surface area contributed by atoms with Crippen LogP contribution in [-0.4, -0.2) is 21.1 Å². The summed E-state index contributed by atoms with van der Waals surface area (Å²) in [5.41, 5.74) is 0.217. The molecular weight excluding hydrogens is 190 g/mol. The van der Waals surface area contributed by atoms with Crippen LogP contribution in [0.3, 0.4) is 0 Å². The Morgan fingerprint density at radius 2 is 2.36 bits per heavy atom. The lowest BCUT2D eigenvalue weighted by atomic mass is 10.2. The van der Waals surface area contributed by atoms with Gasteiger partial charge < -0.3 is 5.11 Å². The van der Waals surface area contributed by atoms with Crippen LogP contribution in [0.25, 0.3) is 0 Å². The van der Waals surface area contributed by atoms with E-state index in [-0.39, 0.29) is 11.5 Å². The summed E-state index contributed by atoms with van der Waals surface area (Å²) in [5.74, 6) is 0.0700. The van der Waals surface area contributed by atoms with Gasteiger partial charge in [-0.25, -0.2) is 9.78 Å². The molecular formula is C7H7N3O4. The molecule has 7 heteroatoms. The van der Waals surface area contributed by atoms with E-state index in [9.17, 15) is 14.9 Å². The topological polar surface area (TPSA) is 105 Å². The maximum atomic E-state index is 10.4. The molecule has 14 heavy (non-hydrogen) atoms. The summed E-state index contributed by atoms with van der Waals surface area (Å²) < 4.78 is 0.